The molecule has 0 fully saturated rings. The fourth-order valence-corrected chi connectivity index (χ4v) is 3.47. The molecule has 0 spiro atoms. The van der Waals surface area contributed by atoms with E-state index in [2.05, 4.69) is 34.6 Å². The molecule has 1 aromatic heterocycles. The largest absolute Gasteiger partial charge is 0.198 e. The Bertz CT molecular complexity index is 525. The van der Waals surface area contributed by atoms with Gasteiger partial charge in [-0.25, -0.2) is 0 Å². The highest BCUT2D eigenvalue weighted by molar-refractivity contribution is 9.10. The lowest BCUT2D eigenvalue weighted by Crippen LogP contribution is -1.85. The van der Waals surface area contributed by atoms with E-state index in [1.165, 1.54) is 4.70 Å². The second-order valence-corrected chi connectivity index (χ2v) is 5.11. The highest BCUT2D eigenvalue weighted by Crippen LogP contribution is 2.35. The molecule has 1 aromatic carbocycles. The topological polar surface area (TPSA) is 23.8 Å². The summed E-state index contributed by atoms with van der Waals surface area (Å²) in [6, 6.07) is 6.16. The van der Waals surface area contributed by atoms with Gasteiger partial charge in [0.25, 0.3) is 0 Å². The summed E-state index contributed by atoms with van der Waals surface area (Å²) >= 11 is 9.54. The van der Waals surface area contributed by atoms with E-state index in [1.807, 2.05) is 17.5 Å². The molecule has 0 saturated carbocycles. The molecule has 0 aliphatic carbocycles. The van der Waals surface area contributed by atoms with Gasteiger partial charge in [-0.2, -0.15) is 5.26 Å². The van der Waals surface area contributed by atoms with Crippen LogP contribution in [0, 0.1) is 11.3 Å². The van der Waals surface area contributed by atoms with Crippen molar-refractivity contribution in [2.75, 3.05) is 0 Å². The Labute approximate surface area is 99.9 Å². The number of hydrogen-bond donors (Lipinski definition) is 1. The van der Waals surface area contributed by atoms with Crippen molar-refractivity contribution in [1.82, 2.24) is 0 Å². The van der Waals surface area contributed by atoms with Gasteiger partial charge in [0.15, 0.2) is 0 Å². The SMILES string of the molecule is N#CCc1c(S)cc(Br)c2sccc12. The van der Waals surface area contributed by atoms with Gasteiger partial charge in [-0.05, 0) is 44.4 Å². The van der Waals surface area contributed by atoms with Crippen LogP contribution in [0.15, 0.2) is 26.9 Å². The number of nitrogens with zero attached hydrogens (tertiary/aromatic N) is 1. The van der Waals surface area contributed by atoms with Crippen LogP contribution in [0.1, 0.15) is 5.56 Å². The van der Waals surface area contributed by atoms with Gasteiger partial charge >= 0.3 is 0 Å². The normalized spacial score (nSPS) is 10.4. The van der Waals surface area contributed by atoms with E-state index in [0.717, 1.165) is 20.3 Å². The van der Waals surface area contributed by atoms with Crippen molar-refractivity contribution >= 4 is 50.0 Å². The molecule has 0 atom stereocenters. The summed E-state index contributed by atoms with van der Waals surface area (Å²) in [5.74, 6) is 0. The van der Waals surface area contributed by atoms with Crippen LogP contribution in [0.25, 0.3) is 10.1 Å². The smallest absolute Gasteiger partial charge is 0.0670 e. The number of fused-ring (bicyclic) bond motifs is 1. The number of nitriles is 1. The summed E-state index contributed by atoms with van der Waals surface area (Å²) in [6.45, 7) is 0. The van der Waals surface area contributed by atoms with Gasteiger partial charge in [0.05, 0.1) is 12.5 Å². The van der Waals surface area contributed by atoms with Crippen LogP contribution < -0.4 is 0 Å². The first-order chi connectivity index (χ1) is 6.74. The average Bonchev–Trinajstić information content (AvgIpc) is 2.60. The second-order valence-electron chi connectivity index (χ2n) is 2.85. The molecule has 0 aliphatic rings. The Kier molecular flexibility index (Phi) is 2.82. The first-order valence-corrected chi connectivity index (χ1v) is 6.10. The van der Waals surface area contributed by atoms with Gasteiger partial charge in [0.2, 0.25) is 0 Å². The monoisotopic (exact) mass is 283 g/mol. The number of thiol groups is 1. The summed E-state index contributed by atoms with van der Waals surface area (Å²) in [5.41, 5.74) is 1.02. The third kappa shape index (κ3) is 1.56. The highest BCUT2D eigenvalue weighted by Gasteiger charge is 2.09. The maximum atomic E-state index is 8.72. The van der Waals surface area contributed by atoms with Crippen LogP contribution in [0.5, 0.6) is 0 Å². The molecule has 0 radical (unpaired) electrons. The molecule has 0 aliphatic heterocycles. The number of thiophene rings is 1. The lowest BCUT2D eigenvalue weighted by Gasteiger charge is -2.04. The fourth-order valence-electron chi connectivity index (χ4n) is 1.41. The zero-order valence-corrected chi connectivity index (χ0v) is 10.4. The van der Waals surface area contributed by atoms with E-state index in [9.17, 15) is 0 Å². The third-order valence-corrected chi connectivity index (χ3v) is 4.27. The molecule has 0 N–H and O–H groups in total. The van der Waals surface area contributed by atoms with E-state index < -0.39 is 0 Å². The lowest BCUT2D eigenvalue weighted by molar-refractivity contribution is 1.21. The summed E-state index contributed by atoms with van der Waals surface area (Å²) in [5, 5.41) is 11.9. The Morgan fingerprint density at radius 2 is 2.36 bits per heavy atom. The highest BCUT2D eigenvalue weighted by atomic mass is 79.9. The molecule has 4 heteroatoms. The van der Waals surface area contributed by atoms with Crippen LogP contribution in [-0.2, 0) is 6.42 Å². The molecule has 2 rings (SSSR count). The number of benzene rings is 1. The van der Waals surface area contributed by atoms with Gasteiger partial charge in [0, 0.05) is 14.1 Å². The van der Waals surface area contributed by atoms with Crippen LogP contribution in [0.2, 0.25) is 0 Å². The molecule has 0 amide bonds. The molecule has 0 unspecified atom stereocenters. The third-order valence-electron chi connectivity index (χ3n) is 2.04. The standard InChI is InChI=1S/C10H6BrNS2/c11-8-5-9(13)6(1-3-12)7-2-4-14-10(7)8/h2,4-5,13H,1H2. The molecule has 1 heterocycles. The average molecular weight is 284 g/mol. The van der Waals surface area contributed by atoms with E-state index in [4.69, 9.17) is 5.26 Å². The number of halogens is 1. The first kappa shape index (κ1) is 10.0. The molecular weight excluding hydrogens is 278 g/mol. The van der Waals surface area contributed by atoms with Crippen molar-refractivity contribution in [2.24, 2.45) is 0 Å². The predicted molar refractivity (Wildman–Crippen MR) is 66.1 cm³/mol. The Morgan fingerprint density at radius 3 is 3.07 bits per heavy atom. The number of hydrogen-bond acceptors (Lipinski definition) is 3. The Morgan fingerprint density at radius 1 is 1.57 bits per heavy atom. The first-order valence-electron chi connectivity index (χ1n) is 3.98. The van der Waals surface area contributed by atoms with Gasteiger partial charge in [-0.1, -0.05) is 0 Å². The maximum absolute atomic E-state index is 8.72. The van der Waals surface area contributed by atoms with E-state index >= 15 is 0 Å². The van der Waals surface area contributed by atoms with Crippen LogP contribution in [-0.4, -0.2) is 0 Å². The summed E-state index contributed by atoms with van der Waals surface area (Å²) in [7, 11) is 0. The van der Waals surface area contributed by atoms with Crippen molar-refractivity contribution in [3.8, 4) is 6.07 Å². The van der Waals surface area contributed by atoms with Crippen LogP contribution in [0.3, 0.4) is 0 Å². The Hall–Kier alpha value is -0.500. The van der Waals surface area contributed by atoms with Crippen molar-refractivity contribution in [1.29, 1.82) is 5.26 Å². The van der Waals surface area contributed by atoms with Gasteiger partial charge in [-0.15, -0.1) is 24.0 Å². The van der Waals surface area contributed by atoms with Gasteiger partial charge < -0.3 is 0 Å². The Balaban J connectivity index is 2.81. The van der Waals surface area contributed by atoms with Crippen molar-refractivity contribution in [3.63, 3.8) is 0 Å². The molecule has 70 valence electrons. The van der Waals surface area contributed by atoms with Crippen molar-refractivity contribution in [3.05, 3.63) is 27.5 Å². The number of rotatable bonds is 1. The maximum Gasteiger partial charge on any atom is 0.0670 e. The molecule has 0 bridgehead atoms. The zero-order chi connectivity index (χ0) is 10.1. The molecule has 0 saturated heterocycles. The van der Waals surface area contributed by atoms with Crippen LogP contribution >= 0.6 is 39.9 Å². The predicted octanol–water partition coefficient (Wildman–Crippen LogP) is 4.02. The quantitative estimate of drug-likeness (QED) is 0.786. The second kappa shape index (κ2) is 3.93. The van der Waals surface area contributed by atoms with Gasteiger partial charge in [0.1, 0.15) is 0 Å². The summed E-state index contributed by atoms with van der Waals surface area (Å²) in [4.78, 5) is 0.879. The molecule has 14 heavy (non-hydrogen) atoms. The van der Waals surface area contributed by atoms with E-state index in [-0.39, 0.29) is 0 Å². The lowest BCUT2D eigenvalue weighted by atomic mass is 10.1. The minimum absolute atomic E-state index is 0.416. The molecule has 2 aromatic rings. The van der Waals surface area contributed by atoms with Crippen molar-refractivity contribution < 1.29 is 0 Å². The summed E-state index contributed by atoms with van der Waals surface area (Å²) < 4.78 is 2.24. The minimum atomic E-state index is 0.416. The van der Waals surface area contributed by atoms with Crippen LogP contribution in [0.4, 0.5) is 0 Å². The van der Waals surface area contributed by atoms with Gasteiger partial charge in [-0.3, -0.25) is 0 Å². The molecule has 1 nitrogen and oxygen atoms in total. The fraction of sp³-hybridized carbons (Fsp3) is 0.100. The molecular formula is C10H6BrNS2. The van der Waals surface area contributed by atoms with E-state index in [1.54, 1.807) is 11.3 Å². The van der Waals surface area contributed by atoms with Crippen molar-refractivity contribution in [2.45, 2.75) is 11.3 Å². The summed E-state index contributed by atoms with van der Waals surface area (Å²) in [6.07, 6.45) is 0.416. The van der Waals surface area contributed by atoms with E-state index in [0.29, 0.717) is 6.42 Å². The zero-order valence-electron chi connectivity index (χ0n) is 7.12. The minimum Gasteiger partial charge on any atom is -0.198 e.